The lowest BCUT2D eigenvalue weighted by Gasteiger charge is -2.17. The van der Waals surface area contributed by atoms with Crippen LogP contribution >= 0.6 is 0 Å². The number of nitrogens with zero attached hydrogens (tertiary/aromatic N) is 4. The number of benzene rings is 2. The van der Waals surface area contributed by atoms with Crippen molar-refractivity contribution in [2.24, 2.45) is 0 Å². The van der Waals surface area contributed by atoms with Crippen LogP contribution in [0.1, 0.15) is 52.5 Å². The summed E-state index contributed by atoms with van der Waals surface area (Å²) in [6.07, 6.45) is 6.17. The van der Waals surface area contributed by atoms with E-state index in [1.165, 1.54) is 11.1 Å². The van der Waals surface area contributed by atoms with Crippen LogP contribution in [0.25, 0.3) is 5.52 Å². The Bertz CT molecular complexity index is 1380. The molecule has 170 valence electrons. The van der Waals surface area contributed by atoms with Gasteiger partial charge in [-0.3, -0.25) is 9.48 Å². The molecule has 0 fully saturated rings. The van der Waals surface area contributed by atoms with Crippen molar-refractivity contribution < 1.29 is 4.79 Å². The first-order valence-corrected chi connectivity index (χ1v) is 11.6. The highest BCUT2D eigenvalue weighted by atomic mass is 16.1. The molecule has 1 N–H and O–H groups in total. The molecule has 0 radical (unpaired) electrons. The third-order valence-corrected chi connectivity index (χ3v) is 6.14. The van der Waals surface area contributed by atoms with Crippen molar-refractivity contribution in [2.45, 2.75) is 32.7 Å². The number of hydrogen-bond donors (Lipinski definition) is 1. The highest BCUT2D eigenvalue weighted by Gasteiger charge is 2.24. The highest BCUT2D eigenvalue weighted by Crippen LogP contribution is 2.35. The van der Waals surface area contributed by atoms with Gasteiger partial charge in [-0.15, -0.1) is 0 Å². The number of fused-ring (bicyclic) bond motifs is 1. The second kappa shape index (κ2) is 9.35. The molecule has 5 aromatic rings. The molecule has 0 aliphatic carbocycles. The van der Waals surface area contributed by atoms with Gasteiger partial charge in [-0.1, -0.05) is 67.6 Å². The molecule has 0 aliphatic heterocycles. The van der Waals surface area contributed by atoms with E-state index >= 15 is 0 Å². The standard InChI is InChI=1S/C28H27N5O/c1-3-24-25-17-22(28(34)30-23-18-29-32(4-2)19-23)15-16-33(25)31-27(24)26(20-11-7-5-8-12-20)21-13-9-6-10-14-21/h5-19,26H,3-4H2,1-2H3,(H,30,34). The minimum Gasteiger partial charge on any atom is -0.319 e. The first-order chi connectivity index (χ1) is 16.7. The molecule has 1 amide bonds. The summed E-state index contributed by atoms with van der Waals surface area (Å²) in [5.41, 5.74) is 6.77. The quantitative estimate of drug-likeness (QED) is 0.355. The molecule has 0 saturated carbocycles. The van der Waals surface area contributed by atoms with Crippen LogP contribution in [0.2, 0.25) is 0 Å². The Morgan fingerprint density at radius 1 is 0.971 bits per heavy atom. The fourth-order valence-electron chi connectivity index (χ4n) is 4.45. The lowest BCUT2D eigenvalue weighted by molar-refractivity contribution is 0.102. The van der Waals surface area contributed by atoms with Gasteiger partial charge >= 0.3 is 0 Å². The molecule has 0 bridgehead atoms. The number of aromatic nitrogens is 4. The summed E-state index contributed by atoms with van der Waals surface area (Å²) in [5.74, 6) is -0.153. The molecule has 3 aromatic heterocycles. The van der Waals surface area contributed by atoms with Crippen molar-refractivity contribution in [1.82, 2.24) is 19.4 Å². The number of rotatable bonds is 7. The van der Waals surface area contributed by atoms with Gasteiger partial charge in [-0.05, 0) is 36.6 Å². The molecular formula is C28H27N5O. The van der Waals surface area contributed by atoms with E-state index in [-0.39, 0.29) is 11.8 Å². The Kier molecular flexibility index (Phi) is 5.95. The van der Waals surface area contributed by atoms with E-state index in [1.807, 2.05) is 48.1 Å². The topological polar surface area (TPSA) is 64.2 Å². The third-order valence-electron chi connectivity index (χ3n) is 6.14. The monoisotopic (exact) mass is 449 g/mol. The summed E-state index contributed by atoms with van der Waals surface area (Å²) in [5, 5.41) is 12.2. The molecule has 0 saturated heterocycles. The van der Waals surface area contributed by atoms with E-state index in [9.17, 15) is 4.79 Å². The normalized spacial score (nSPS) is 11.3. The zero-order valence-corrected chi connectivity index (χ0v) is 19.3. The van der Waals surface area contributed by atoms with Crippen LogP contribution in [0.15, 0.2) is 91.4 Å². The van der Waals surface area contributed by atoms with Gasteiger partial charge < -0.3 is 5.32 Å². The van der Waals surface area contributed by atoms with Gasteiger partial charge in [0, 0.05) is 30.1 Å². The average molecular weight is 450 g/mol. The van der Waals surface area contributed by atoms with Crippen molar-refractivity contribution in [3.63, 3.8) is 0 Å². The van der Waals surface area contributed by atoms with Crippen LogP contribution in [-0.4, -0.2) is 25.3 Å². The van der Waals surface area contributed by atoms with E-state index in [1.54, 1.807) is 10.9 Å². The number of nitrogens with one attached hydrogen (secondary N) is 1. The van der Waals surface area contributed by atoms with Crippen molar-refractivity contribution in [2.75, 3.05) is 5.32 Å². The zero-order valence-electron chi connectivity index (χ0n) is 19.3. The molecule has 0 spiro atoms. The number of hydrogen-bond acceptors (Lipinski definition) is 3. The van der Waals surface area contributed by atoms with E-state index in [0.717, 1.165) is 29.7 Å². The molecule has 0 unspecified atom stereocenters. The highest BCUT2D eigenvalue weighted by molar-refractivity contribution is 6.04. The summed E-state index contributed by atoms with van der Waals surface area (Å²) in [6, 6.07) is 24.7. The fraction of sp³-hybridized carbons (Fsp3) is 0.179. The lowest BCUT2D eigenvalue weighted by Crippen LogP contribution is -2.11. The minimum absolute atomic E-state index is 0.00871. The second-order valence-corrected chi connectivity index (χ2v) is 8.26. The van der Waals surface area contributed by atoms with Crippen molar-refractivity contribution in [3.05, 3.63) is 119 Å². The van der Waals surface area contributed by atoms with Gasteiger partial charge in [0.15, 0.2) is 0 Å². The van der Waals surface area contributed by atoms with Crippen LogP contribution in [-0.2, 0) is 13.0 Å². The molecule has 6 nitrogen and oxygen atoms in total. The van der Waals surface area contributed by atoms with E-state index in [2.05, 4.69) is 65.9 Å². The summed E-state index contributed by atoms with van der Waals surface area (Å²) in [4.78, 5) is 13.0. The SMILES string of the molecule is CCc1c(C(c2ccccc2)c2ccccc2)nn2ccc(C(=O)Nc3cnn(CC)c3)cc12. The Hall–Kier alpha value is -4.19. The van der Waals surface area contributed by atoms with Crippen LogP contribution < -0.4 is 5.32 Å². The molecule has 6 heteroatoms. The van der Waals surface area contributed by atoms with Crippen LogP contribution in [0.4, 0.5) is 5.69 Å². The molecule has 0 atom stereocenters. The summed E-state index contributed by atoms with van der Waals surface area (Å²) in [7, 11) is 0. The number of aryl methyl sites for hydroxylation is 2. The molecule has 3 heterocycles. The number of amides is 1. The smallest absolute Gasteiger partial charge is 0.255 e. The predicted octanol–water partition coefficient (Wildman–Crippen LogP) is 5.55. The minimum atomic E-state index is -0.161. The van der Waals surface area contributed by atoms with Crippen molar-refractivity contribution in [3.8, 4) is 0 Å². The Balaban J connectivity index is 1.57. The molecule has 0 aliphatic rings. The van der Waals surface area contributed by atoms with Crippen molar-refractivity contribution in [1.29, 1.82) is 0 Å². The van der Waals surface area contributed by atoms with Crippen molar-refractivity contribution >= 4 is 17.1 Å². The molecule has 2 aromatic carbocycles. The largest absolute Gasteiger partial charge is 0.319 e. The molecule has 34 heavy (non-hydrogen) atoms. The number of carbonyl (C=O) groups excluding carboxylic acids is 1. The summed E-state index contributed by atoms with van der Waals surface area (Å²) >= 11 is 0. The van der Waals surface area contributed by atoms with Crippen LogP contribution in [0, 0.1) is 0 Å². The summed E-state index contributed by atoms with van der Waals surface area (Å²) in [6.45, 7) is 4.90. The number of pyridine rings is 1. The second-order valence-electron chi connectivity index (χ2n) is 8.26. The van der Waals surface area contributed by atoms with E-state index < -0.39 is 0 Å². The lowest BCUT2D eigenvalue weighted by atomic mass is 9.86. The van der Waals surface area contributed by atoms with Crippen LogP contribution in [0.3, 0.4) is 0 Å². The maximum absolute atomic E-state index is 13.0. The summed E-state index contributed by atoms with van der Waals surface area (Å²) < 4.78 is 3.67. The van der Waals surface area contributed by atoms with E-state index in [0.29, 0.717) is 11.3 Å². The van der Waals surface area contributed by atoms with Gasteiger partial charge in [-0.2, -0.15) is 10.2 Å². The maximum Gasteiger partial charge on any atom is 0.255 e. The number of anilines is 1. The van der Waals surface area contributed by atoms with Crippen LogP contribution in [0.5, 0.6) is 0 Å². The van der Waals surface area contributed by atoms with E-state index in [4.69, 9.17) is 5.10 Å². The van der Waals surface area contributed by atoms with Gasteiger partial charge in [0.05, 0.1) is 29.0 Å². The number of carbonyl (C=O) groups is 1. The van der Waals surface area contributed by atoms with Gasteiger partial charge in [0.2, 0.25) is 0 Å². The Morgan fingerprint density at radius 3 is 2.24 bits per heavy atom. The average Bonchev–Trinajstić information content (AvgIpc) is 3.49. The predicted molar refractivity (Wildman–Crippen MR) is 134 cm³/mol. The fourth-order valence-corrected chi connectivity index (χ4v) is 4.45. The van der Waals surface area contributed by atoms with Gasteiger partial charge in [-0.25, -0.2) is 4.52 Å². The maximum atomic E-state index is 13.0. The first-order valence-electron chi connectivity index (χ1n) is 11.6. The molecule has 5 rings (SSSR count). The molecular weight excluding hydrogens is 422 g/mol. The Labute approximate surface area is 198 Å². The van der Waals surface area contributed by atoms with Gasteiger partial charge in [0.1, 0.15) is 0 Å². The van der Waals surface area contributed by atoms with Gasteiger partial charge in [0.25, 0.3) is 5.91 Å². The third kappa shape index (κ3) is 4.10. The zero-order chi connectivity index (χ0) is 23.5. The Morgan fingerprint density at radius 2 is 1.65 bits per heavy atom. The first kappa shape index (κ1) is 21.6.